The second kappa shape index (κ2) is 16.4. The van der Waals surface area contributed by atoms with E-state index in [1.54, 1.807) is 12.4 Å². The van der Waals surface area contributed by atoms with Crippen LogP contribution in [0.5, 0.6) is 0 Å². The standard InChI is InChI=1S/C32H42N6O3/c1-23-9-12-25(13-10-23)27(26-8-5-17-36-22-26)20-30(39)29(14-11-24-6-3-2-4-7-24)37-32(41)28(35)21-31(40)38(18-15-33)19-16-34/h2-10,12-13,17,22,27-29H,11,14-16,18-21,33-35H2,1H3,(H,37,41)/t27?,28-,29-/m0/s1. The fraction of sp³-hybridized carbons (Fsp3) is 0.375. The lowest BCUT2D eigenvalue weighted by atomic mass is 9.85. The third-order valence-electron chi connectivity index (χ3n) is 7.12. The largest absolute Gasteiger partial charge is 0.345 e. The molecule has 218 valence electrons. The van der Waals surface area contributed by atoms with Gasteiger partial charge in [0.25, 0.3) is 0 Å². The molecule has 0 aliphatic carbocycles. The summed E-state index contributed by atoms with van der Waals surface area (Å²) < 4.78 is 0. The summed E-state index contributed by atoms with van der Waals surface area (Å²) in [7, 11) is 0. The Balaban J connectivity index is 1.79. The zero-order valence-corrected chi connectivity index (χ0v) is 23.7. The summed E-state index contributed by atoms with van der Waals surface area (Å²) in [6.45, 7) is 3.24. The fourth-order valence-electron chi connectivity index (χ4n) is 4.78. The molecule has 2 aromatic carbocycles. The van der Waals surface area contributed by atoms with Crippen molar-refractivity contribution in [1.29, 1.82) is 0 Å². The molecule has 0 saturated carbocycles. The Morgan fingerprint density at radius 3 is 2.17 bits per heavy atom. The molecule has 0 aliphatic heterocycles. The van der Waals surface area contributed by atoms with E-state index in [9.17, 15) is 14.4 Å². The summed E-state index contributed by atoms with van der Waals surface area (Å²) in [5.74, 6) is -1.19. The molecule has 1 aromatic heterocycles. The minimum absolute atomic E-state index is 0.116. The highest BCUT2D eigenvalue weighted by atomic mass is 16.2. The maximum Gasteiger partial charge on any atom is 0.238 e. The average Bonchev–Trinajstić information content (AvgIpc) is 2.99. The lowest BCUT2D eigenvalue weighted by Crippen LogP contribution is -2.51. The number of carbonyl (C=O) groups excluding carboxylic acids is 3. The quantitative estimate of drug-likeness (QED) is 0.210. The number of hydrogen-bond acceptors (Lipinski definition) is 7. The van der Waals surface area contributed by atoms with Crippen molar-refractivity contribution in [3.05, 3.63) is 101 Å². The summed E-state index contributed by atoms with van der Waals surface area (Å²) >= 11 is 0. The number of benzene rings is 2. The highest BCUT2D eigenvalue weighted by Crippen LogP contribution is 2.29. The van der Waals surface area contributed by atoms with E-state index < -0.39 is 18.0 Å². The topological polar surface area (TPSA) is 157 Å². The second-order valence-electron chi connectivity index (χ2n) is 10.3. The fourth-order valence-corrected chi connectivity index (χ4v) is 4.78. The first-order chi connectivity index (χ1) is 19.8. The normalized spacial score (nSPS) is 13.2. The number of amides is 2. The zero-order chi connectivity index (χ0) is 29.6. The molecule has 3 atom stereocenters. The van der Waals surface area contributed by atoms with Crippen LogP contribution in [0, 0.1) is 6.92 Å². The van der Waals surface area contributed by atoms with Crippen LogP contribution in [0.3, 0.4) is 0 Å². The van der Waals surface area contributed by atoms with Crippen molar-refractivity contribution in [2.75, 3.05) is 26.2 Å². The second-order valence-corrected chi connectivity index (χ2v) is 10.3. The van der Waals surface area contributed by atoms with Crippen LogP contribution in [0.15, 0.2) is 79.1 Å². The van der Waals surface area contributed by atoms with Crippen LogP contribution >= 0.6 is 0 Å². The Labute approximate surface area is 242 Å². The molecular weight excluding hydrogens is 516 g/mol. The number of nitrogens with two attached hydrogens (primary N) is 3. The Bertz CT molecular complexity index is 1230. The van der Waals surface area contributed by atoms with Gasteiger partial charge in [-0.15, -0.1) is 0 Å². The molecule has 3 rings (SSSR count). The molecule has 0 saturated heterocycles. The van der Waals surface area contributed by atoms with E-state index in [-0.39, 0.29) is 43.5 Å². The number of nitrogens with zero attached hydrogens (tertiary/aromatic N) is 2. The first-order valence-electron chi connectivity index (χ1n) is 14.1. The maximum atomic E-state index is 13.9. The van der Waals surface area contributed by atoms with Crippen LogP contribution in [-0.2, 0) is 20.8 Å². The lowest BCUT2D eigenvalue weighted by molar-refractivity contribution is -0.135. The van der Waals surface area contributed by atoms with Crippen LogP contribution in [0.2, 0.25) is 0 Å². The van der Waals surface area contributed by atoms with Gasteiger partial charge in [-0.2, -0.15) is 0 Å². The average molecular weight is 559 g/mol. The molecule has 1 heterocycles. The van der Waals surface area contributed by atoms with Crippen LogP contribution in [-0.4, -0.2) is 65.7 Å². The molecule has 3 aromatic rings. The van der Waals surface area contributed by atoms with Gasteiger partial charge >= 0.3 is 0 Å². The summed E-state index contributed by atoms with van der Waals surface area (Å²) in [5.41, 5.74) is 21.5. The van der Waals surface area contributed by atoms with E-state index in [1.165, 1.54) is 4.90 Å². The van der Waals surface area contributed by atoms with Crippen molar-refractivity contribution in [2.24, 2.45) is 17.2 Å². The number of aromatic nitrogens is 1. The number of hydrogen-bond donors (Lipinski definition) is 4. The Morgan fingerprint density at radius 1 is 0.878 bits per heavy atom. The Kier molecular flexibility index (Phi) is 12.6. The molecule has 0 aliphatic rings. The molecule has 0 spiro atoms. The van der Waals surface area contributed by atoms with E-state index in [0.717, 1.165) is 22.3 Å². The van der Waals surface area contributed by atoms with Gasteiger partial charge in [0.1, 0.15) is 0 Å². The summed E-state index contributed by atoms with van der Waals surface area (Å²) in [4.78, 5) is 45.6. The molecule has 1 unspecified atom stereocenters. The molecular formula is C32H42N6O3. The first kappa shape index (κ1) is 31.6. The van der Waals surface area contributed by atoms with Crippen molar-refractivity contribution in [3.63, 3.8) is 0 Å². The van der Waals surface area contributed by atoms with Crippen LogP contribution in [0.25, 0.3) is 0 Å². The van der Waals surface area contributed by atoms with Crippen LogP contribution in [0.1, 0.15) is 47.4 Å². The number of carbonyl (C=O) groups is 3. The molecule has 9 heteroatoms. The van der Waals surface area contributed by atoms with Gasteiger partial charge in [0.05, 0.1) is 18.5 Å². The van der Waals surface area contributed by atoms with Crippen LogP contribution in [0.4, 0.5) is 0 Å². The van der Waals surface area contributed by atoms with E-state index >= 15 is 0 Å². The molecule has 0 radical (unpaired) electrons. The van der Waals surface area contributed by atoms with Gasteiger partial charge in [-0.05, 0) is 42.5 Å². The van der Waals surface area contributed by atoms with Gasteiger partial charge in [-0.3, -0.25) is 19.4 Å². The van der Waals surface area contributed by atoms with E-state index in [2.05, 4.69) is 10.3 Å². The molecule has 9 nitrogen and oxygen atoms in total. The van der Waals surface area contributed by atoms with Gasteiger partial charge in [-0.1, -0.05) is 66.2 Å². The van der Waals surface area contributed by atoms with E-state index in [0.29, 0.717) is 25.9 Å². The summed E-state index contributed by atoms with van der Waals surface area (Å²) in [5, 5.41) is 2.86. The third kappa shape index (κ3) is 9.89. The predicted molar refractivity (Wildman–Crippen MR) is 161 cm³/mol. The number of aryl methyl sites for hydroxylation is 2. The first-order valence-corrected chi connectivity index (χ1v) is 14.1. The minimum atomic E-state index is -1.11. The Morgan fingerprint density at radius 2 is 1.56 bits per heavy atom. The van der Waals surface area contributed by atoms with Crippen molar-refractivity contribution in [1.82, 2.24) is 15.2 Å². The number of Topliss-reactive ketones (excluding diaryl/α,β-unsaturated/α-hetero) is 1. The Hall–Kier alpha value is -3.92. The van der Waals surface area contributed by atoms with Crippen molar-refractivity contribution in [2.45, 2.75) is 50.6 Å². The van der Waals surface area contributed by atoms with Crippen molar-refractivity contribution < 1.29 is 14.4 Å². The van der Waals surface area contributed by atoms with Crippen molar-refractivity contribution in [3.8, 4) is 0 Å². The highest BCUT2D eigenvalue weighted by molar-refractivity contribution is 5.93. The SMILES string of the molecule is Cc1ccc(C(CC(=O)[C@H](CCc2ccccc2)NC(=O)[C@@H](N)CC(=O)N(CCN)CCN)c2cccnc2)cc1. The summed E-state index contributed by atoms with van der Waals surface area (Å²) in [6.07, 6.45) is 4.43. The van der Waals surface area contributed by atoms with E-state index in [1.807, 2.05) is 73.7 Å². The molecule has 7 N–H and O–H groups in total. The number of ketones is 1. The molecule has 0 bridgehead atoms. The highest BCUT2D eigenvalue weighted by Gasteiger charge is 2.29. The van der Waals surface area contributed by atoms with Gasteiger partial charge < -0.3 is 27.4 Å². The van der Waals surface area contributed by atoms with Gasteiger partial charge in [0.15, 0.2) is 5.78 Å². The van der Waals surface area contributed by atoms with Gasteiger partial charge in [-0.25, -0.2) is 0 Å². The number of nitrogens with one attached hydrogen (secondary N) is 1. The summed E-state index contributed by atoms with van der Waals surface area (Å²) in [6, 6.07) is 19.8. The van der Waals surface area contributed by atoms with Gasteiger partial charge in [0, 0.05) is 50.9 Å². The van der Waals surface area contributed by atoms with Gasteiger partial charge in [0.2, 0.25) is 11.8 Å². The third-order valence-corrected chi connectivity index (χ3v) is 7.12. The maximum absolute atomic E-state index is 13.9. The molecule has 41 heavy (non-hydrogen) atoms. The molecule has 2 amide bonds. The predicted octanol–water partition coefficient (Wildman–Crippen LogP) is 2.06. The number of rotatable bonds is 16. The van der Waals surface area contributed by atoms with E-state index in [4.69, 9.17) is 17.2 Å². The zero-order valence-electron chi connectivity index (χ0n) is 23.7. The van der Waals surface area contributed by atoms with Crippen LogP contribution < -0.4 is 22.5 Å². The minimum Gasteiger partial charge on any atom is -0.345 e. The van der Waals surface area contributed by atoms with Crippen molar-refractivity contribution >= 4 is 17.6 Å². The number of pyridine rings is 1. The smallest absolute Gasteiger partial charge is 0.238 e. The molecule has 0 fully saturated rings. The lowest BCUT2D eigenvalue weighted by Gasteiger charge is -2.25. The monoisotopic (exact) mass is 558 g/mol.